The third-order valence-corrected chi connectivity index (χ3v) is 4.97. The molecule has 0 atom stereocenters. The van der Waals surface area contributed by atoms with Crippen molar-refractivity contribution in [1.82, 2.24) is 0 Å². The Kier molecular flexibility index (Phi) is 4.30. The van der Waals surface area contributed by atoms with Crippen LogP contribution in [-0.2, 0) is 9.53 Å². The molecule has 0 N–H and O–H groups in total. The van der Waals surface area contributed by atoms with Gasteiger partial charge in [-0.15, -0.1) is 11.8 Å². The van der Waals surface area contributed by atoms with Crippen molar-refractivity contribution in [1.29, 1.82) is 0 Å². The Hall–Kier alpha value is -1.29. The summed E-state index contributed by atoms with van der Waals surface area (Å²) in [5, 5.41) is 0. The third-order valence-electron chi connectivity index (χ3n) is 3.53. The van der Waals surface area contributed by atoms with Crippen molar-refractivity contribution < 1.29 is 14.3 Å². The zero-order valence-corrected chi connectivity index (χ0v) is 12.1. The average molecular weight is 278 g/mol. The molecule has 0 saturated heterocycles. The lowest BCUT2D eigenvalue weighted by molar-refractivity contribution is -0.141. The van der Waals surface area contributed by atoms with Gasteiger partial charge in [0.1, 0.15) is 0 Å². The van der Waals surface area contributed by atoms with Gasteiger partial charge in [-0.2, -0.15) is 0 Å². The van der Waals surface area contributed by atoms with E-state index in [-0.39, 0.29) is 11.4 Å². The second-order valence-corrected chi connectivity index (χ2v) is 6.22. The predicted molar refractivity (Wildman–Crippen MR) is 75.6 cm³/mol. The molecule has 2 rings (SSSR count). The number of carbonyl (C=O) groups is 2. The Labute approximate surface area is 117 Å². The summed E-state index contributed by atoms with van der Waals surface area (Å²) in [5.41, 5.74) is 1.91. The Bertz CT molecular complexity index is 492. The highest BCUT2D eigenvalue weighted by Gasteiger charge is 2.44. The topological polar surface area (TPSA) is 43.4 Å². The van der Waals surface area contributed by atoms with Gasteiger partial charge in [0.15, 0.2) is 6.29 Å². The van der Waals surface area contributed by atoms with Gasteiger partial charge in [-0.1, -0.05) is 11.6 Å². The van der Waals surface area contributed by atoms with Gasteiger partial charge >= 0.3 is 5.97 Å². The summed E-state index contributed by atoms with van der Waals surface area (Å²) in [5.74, 6) is 0.726. The molecule has 4 heteroatoms. The molecular formula is C15H18O3S. The summed E-state index contributed by atoms with van der Waals surface area (Å²) in [6.07, 6.45) is 3.52. The predicted octanol–water partition coefficient (Wildman–Crippen LogP) is 3.24. The van der Waals surface area contributed by atoms with Crippen molar-refractivity contribution in [3.8, 4) is 0 Å². The van der Waals surface area contributed by atoms with Crippen LogP contribution < -0.4 is 0 Å². The molecule has 102 valence electrons. The number of methoxy groups -OCH3 is 1. The number of rotatable bonds is 6. The van der Waals surface area contributed by atoms with E-state index < -0.39 is 0 Å². The normalized spacial score (nSPS) is 15.9. The summed E-state index contributed by atoms with van der Waals surface area (Å²) in [6.45, 7) is 1.97. The first-order chi connectivity index (χ1) is 9.08. The summed E-state index contributed by atoms with van der Waals surface area (Å²) in [7, 11) is 1.43. The number of benzene rings is 1. The lowest BCUT2D eigenvalue weighted by Crippen LogP contribution is -2.13. The quantitative estimate of drug-likeness (QED) is 0.455. The fourth-order valence-electron chi connectivity index (χ4n) is 2.05. The second kappa shape index (κ2) is 5.78. The van der Waals surface area contributed by atoms with Crippen LogP contribution in [0.1, 0.15) is 35.2 Å². The van der Waals surface area contributed by atoms with E-state index in [9.17, 15) is 9.59 Å². The number of thioether (sulfide) groups is 1. The first kappa shape index (κ1) is 14.1. The minimum Gasteiger partial charge on any atom is -0.469 e. The van der Waals surface area contributed by atoms with Gasteiger partial charge in [0.2, 0.25) is 0 Å². The van der Waals surface area contributed by atoms with Crippen LogP contribution in [0.5, 0.6) is 0 Å². The number of hydrogen-bond acceptors (Lipinski definition) is 4. The standard InChI is InChI=1S/C15H18O3S/c1-11-3-4-13(12(7-11)9-16)19-10-15(5-6-15)8-14(17)18-2/h3-4,7,9H,5-6,8,10H2,1-2H3. The number of aryl methyl sites for hydroxylation is 1. The summed E-state index contributed by atoms with van der Waals surface area (Å²) in [6, 6.07) is 5.89. The SMILES string of the molecule is COC(=O)CC1(CSc2ccc(C)cc2C=O)CC1. The van der Waals surface area contributed by atoms with Gasteiger partial charge in [-0.05, 0) is 37.3 Å². The van der Waals surface area contributed by atoms with Crippen LogP contribution in [0.25, 0.3) is 0 Å². The molecule has 0 aliphatic heterocycles. The van der Waals surface area contributed by atoms with Gasteiger partial charge in [0.05, 0.1) is 13.5 Å². The molecule has 0 aromatic heterocycles. The zero-order valence-electron chi connectivity index (χ0n) is 11.3. The molecule has 1 aromatic carbocycles. The van der Waals surface area contributed by atoms with Crippen LogP contribution in [0, 0.1) is 12.3 Å². The summed E-state index contributed by atoms with van der Waals surface area (Å²) in [4.78, 5) is 23.4. The fraction of sp³-hybridized carbons (Fsp3) is 0.467. The monoisotopic (exact) mass is 278 g/mol. The van der Waals surface area contributed by atoms with Crippen LogP contribution in [0.3, 0.4) is 0 Å². The van der Waals surface area contributed by atoms with Crippen molar-refractivity contribution in [2.45, 2.75) is 31.1 Å². The Morgan fingerprint density at radius 3 is 2.79 bits per heavy atom. The van der Waals surface area contributed by atoms with E-state index in [1.807, 2.05) is 25.1 Å². The number of hydrogen-bond donors (Lipinski definition) is 0. The van der Waals surface area contributed by atoms with Crippen molar-refractivity contribution in [2.75, 3.05) is 12.9 Å². The molecule has 0 bridgehead atoms. The Balaban J connectivity index is 1.99. The molecule has 1 aromatic rings. The van der Waals surface area contributed by atoms with E-state index in [0.29, 0.717) is 6.42 Å². The van der Waals surface area contributed by atoms with Crippen molar-refractivity contribution in [3.63, 3.8) is 0 Å². The maximum atomic E-state index is 11.4. The fourth-order valence-corrected chi connectivity index (χ4v) is 3.34. The van der Waals surface area contributed by atoms with Crippen LogP contribution in [0.15, 0.2) is 23.1 Å². The molecule has 1 aliphatic rings. The van der Waals surface area contributed by atoms with Crippen LogP contribution in [-0.4, -0.2) is 25.1 Å². The van der Waals surface area contributed by atoms with Gasteiger partial charge in [-0.25, -0.2) is 0 Å². The molecule has 19 heavy (non-hydrogen) atoms. The van der Waals surface area contributed by atoms with Gasteiger partial charge in [-0.3, -0.25) is 9.59 Å². The van der Waals surface area contributed by atoms with E-state index >= 15 is 0 Å². The number of esters is 1. The third kappa shape index (κ3) is 3.60. The molecule has 0 amide bonds. The lowest BCUT2D eigenvalue weighted by atomic mass is 10.1. The smallest absolute Gasteiger partial charge is 0.306 e. The maximum absolute atomic E-state index is 11.4. The largest absolute Gasteiger partial charge is 0.469 e. The highest BCUT2D eigenvalue weighted by atomic mass is 32.2. The zero-order chi connectivity index (χ0) is 13.9. The lowest BCUT2D eigenvalue weighted by Gasteiger charge is -2.14. The molecule has 0 radical (unpaired) electrons. The van der Waals surface area contributed by atoms with Crippen molar-refractivity contribution in [2.24, 2.45) is 5.41 Å². The van der Waals surface area contributed by atoms with E-state index in [1.54, 1.807) is 11.8 Å². The van der Waals surface area contributed by atoms with E-state index in [0.717, 1.165) is 40.9 Å². The molecule has 0 unspecified atom stereocenters. The van der Waals surface area contributed by atoms with Crippen LogP contribution in [0.2, 0.25) is 0 Å². The maximum Gasteiger partial charge on any atom is 0.306 e. The van der Waals surface area contributed by atoms with Gasteiger partial charge in [0.25, 0.3) is 0 Å². The minimum atomic E-state index is -0.141. The molecule has 1 saturated carbocycles. The van der Waals surface area contributed by atoms with Crippen molar-refractivity contribution in [3.05, 3.63) is 29.3 Å². The summed E-state index contributed by atoms with van der Waals surface area (Å²) >= 11 is 1.66. The molecular weight excluding hydrogens is 260 g/mol. The van der Waals surface area contributed by atoms with E-state index in [2.05, 4.69) is 0 Å². The molecule has 3 nitrogen and oxygen atoms in total. The van der Waals surface area contributed by atoms with E-state index in [1.165, 1.54) is 7.11 Å². The Morgan fingerprint density at radius 1 is 1.47 bits per heavy atom. The summed E-state index contributed by atoms with van der Waals surface area (Å²) < 4.78 is 4.73. The minimum absolute atomic E-state index is 0.0861. The average Bonchev–Trinajstić information content (AvgIpc) is 3.17. The number of carbonyl (C=O) groups excluding carboxylic acids is 2. The Morgan fingerprint density at radius 2 is 2.21 bits per heavy atom. The number of aldehydes is 1. The second-order valence-electron chi connectivity index (χ2n) is 5.20. The van der Waals surface area contributed by atoms with Crippen LogP contribution >= 0.6 is 11.8 Å². The van der Waals surface area contributed by atoms with Crippen LogP contribution in [0.4, 0.5) is 0 Å². The first-order valence-corrected chi connectivity index (χ1v) is 7.33. The van der Waals surface area contributed by atoms with Gasteiger partial charge < -0.3 is 4.74 Å². The first-order valence-electron chi connectivity index (χ1n) is 6.34. The van der Waals surface area contributed by atoms with E-state index in [4.69, 9.17) is 4.74 Å². The number of ether oxygens (including phenoxy) is 1. The molecule has 0 spiro atoms. The molecule has 1 aliphatic carbocycles. The highest BCUT2D eigenvalue weighted by molar-refractivity contribution is 7.99. The van der Waals surface area contributed by atoms with Crippen molar-refractivity contribution >= 4 is 24.0 Å². The molecule has 1 fully saturated rings. The molecule has 0 heterocycles. The highest BCUT2D eigenvalue weighted by Crippen LogP contribution is 2.52. The van der Waals surface area contributed by atoms with Gasteiger partial charge in [0, 0.05) is 16.2 Å².